The van der Waals surface area contributed by atoms with Crippen molar-refractivity contribution < 1.29 is 0 Å². The van der Waals surface area contributed by atoms with Crippen molar-refractivity contribution in [3.05, 3.63) is 0 Å². The standard InChI is InChI=1S/C17H33N/c1-16(2,3)10-13-7-8-14-11-18(17(4,5)6)12-15(14)9-13/h13-15H,7-12H2,1-6H3. The summed E-state index contributed by atoms with van der Waals surface area (Å²) < 4.78 is 0. The second-order valence-corrected chi connectivity index (χ2v) is 9.04. The number of fused-ring (bicyclic) bond motifs is 1. The smallest absolute Gasteiger partial charge is 0.0125 e. The van der Waals surface area contributed by atoms with Crippen LogP contribution in [0.5, 0.6) is 0 Å². The SMILES string of the molecule is CC(C)(C)CC1CCC2CN(C(C)(C)C)CC2C1. The molecule has 0 aromatic carbocycles. The quantitative estimate of drug-likeness (QED) is 0.660. The molecule has 1 saturated heterocycles. The summed E-state index contributed by atoms with van der Waals surface area (Å²) in [5, 5.41) is 0. The van der Waals surface area contributed by atoms with Crippen molar-refractivity contribution in [3.63, 3.8) is 0 Å². The Morgan fingerprint density at radius 1 is 0.889 bits per heavy atom. The van der Waals surface area contributed by atoms with E-state index in [1.807, 2.05) is 0 Å². The van der Waals surface area contributed by atoms with Crippen LogP contribution in [0.4, 0.5) is 0 Å². The van der Waals surface area contributed by atoms with Gasteiger partial charge in [-0.1, -0.05) is 27.2 Å². The number of nitrogens with zero attached hydrogens (tertiary/aromatic N) is 1. The molecule has 0 bridgehead atoms. The molecule has 1 heterocycles. The number of rotatable bonds is 1. The topological polar surface area (TPSA) is 3.24 Å². The molecule has 1 aliphatic heterocycles. The van der Waals surface area contributed by atoms with Crippen molar-refractivity contribution in [1.82, 2.24) is 4.90 Å². The van der Waals surface area contributed by atoms with E-state index >= 15 is 0 Å². The van der Waals surface area contributed by atoms with Gasteiger partial charge in [-0.25, -0.2) is 0 Å². The molecule has 1 heteroatoms. The van der Waals surface area contributed by atoms with Crippen LogP contribution in [-0.4, -0.2) is 23.5 Å². The van der Waals surface area contributed by atoms with E-state index in [0.29, 0.717) is 11.0 Å². The van der Waals surface area contributed by atoms with E-state index < -0.39 is 0 Å². The second-order valence-electron chi connectivity index (χ2n) is 9.04. The minimum atomic E-state index is 0.372. The molecule has 0 spiro atoms. The Morgan fingerprint density at radius 3 is 2.06 bits per heavy atom. The van der Waals surface area contributed by atoms with Crippen molar-refractivity contribution in [2.24, 2.45) is 23.2 Å². The molecule has 0 amide bonds. The van der Waals surface area contributed by atoms with Crippen LogP contribution in [0.15, 0.2) is 0 Å². The van der Waals surface area contributed by atoms with Crippen LogP contribution in [0.1, 0.15) is 67.2 Å². The molecule has 1 aliphatic carbocycles. The third-order valence-corrected chi connectivity index (χ3v) is 5.01. The van der Waals surface area contributed by atoms with Crippen LogP contribution in [-0.2, 0) is 0 Å². The molecule has 2 fully saturated rings. The lowest BCUT2D eigenvalue weighted by Gasteiger charge is -2.34. The van der Waals surface area contributed by atoms with Gasteiger partial charge in [-0.2, -0.15) is 0 Å². The highest BCUT2D eigenvalue weighted by Crippen LogP contribution is 2.44. The van der Waals surface area contributed by atoms with Crippen molar-refractivity contribution in [2.75, 3.05) is 13.1 Å². The summed E-state index contributed by atoms with van der Waals surface area (Å²) in [6, 6.07) is 0. The first kappa shape index (κ1) is 14.4. The maximum Gasteiger partial charge on any atom is 0.0125 e. The molecular formula is C17H33N. The summed E-state index contributed by atoms with van der Waals surface area (Å²) in [7, 11) is 0. The molecule has 0 N–H and O–H groups in total. The largest absolute Gasteiger partial charge is 0.298 e. The van der Waals surface area contributed by atoms with Crippen LogP contribution >= 0.6 is 0 Å². The third-order valence-electron chi connectivity index (χ3n) is 5.01. The van der Waals surface area contributed by atoms with Gasteiger partial charge >= 0.3 is 0 Å². The minimum Gasteiger partial charge on any atom is -0.298 e. The van der Waals surface area contributed by atoms with Gasteiger partial charge in [-0.05, 0) is 63.2 Å². The van der Waals surface area contributed by atoms with Crippen molar-refractivity contribution in [1.29, 1.82) is 0 Å². The fourth-order valence-corrected chi connectivity index (χ4v) is 4.13. The van der Waals surface area contributed by atoms with Crippen molar-refractivity contribution in [2.45, 2.75) is 72.8 Å². The zero-order valence-corrected chi connectivity index (χ0v) is 13.4. The fraction of sp³-hybridized carbons (Fsp3) is 1.00. The summed E-state index contributed by atoms with van der Waals surface area (Å²) in [5.41, 5.74) is 0.886. The van der Waals surface area contributed by atoms with Crippen molar-refractivity contribution in [3.8, 4) is 0 Å². The Hall–Kier alpha value is -0.0400. The molecule has 106 valence electrons. The first-order valence-corrected chi connectivity index (χ1v) is 7.90. The number of hydrogen-bond acceptors (Lipinski definition) is 1. The Bertz CT molecular complexity index is 281. The molecular weight excluding hydrogens is 218 g/mol. The molecule has 3 atom stereocenters. The fourth-order valence-electron chi connectivity index (χ4n) is 4.13. The van der Waals surface area contributed by atoms with Crippen LogP contribution in [0.25, 0.3) is 0 Å². The maximum atomic E-state index is 2.72. The first-order valence-electron chi connectivity index (χ1n) is 7.90. The van der Waals surface area contributed by atoms with Gasteiger partial charge in [0.2, 0.25) is 0 Å². The van der Waals surface area contributed by atoms with Crippen LogP contribution < -0.4 is 0 Å². The lowest BCUT2D eigenvalue weighted by Crippen LogP contribution is -2.39. The van der Waals surface area contributed by atoms with Gasteiger partial charge in [0.25, 0.3) is 0 Å². The van der Waals surface area contributed by atoms with E-state index in [1.54, 1.807) is 0 Å². The Morgan fingerprint density at radius 2 is 1.50 bits per heavy atom. The summed E-state index contributed by atoms with van der Waals surface area (Å²) in [5.74, 6) is 2.98. The van der Waals surface area contributed by atoms with E-state index in [4.69, 9.17) is 0 Å². The van der Waals surface area contributed by atoms with Crippen LogP contribution in [0, 0.1) is 23.2 Å². The Kier molecular flexibility index (Phi) is 3.84. The highest BCUT2D eigenvalue weighted by atomic mass is 15.2. The summed E-state index contributed by atoms with van der Waals surface area (Å²) >= 11 is 0. The van der Waals surface area contributed by atoms with Gasteiger partial charge in [0.05, 0.1) is 0 Å². The molecule has 3 unspecified atom stereocenters. The predicted octanol–water partition coefficient (Wildman–Crippen LogP) is 4.57. The molecule has 0 aromatic rings. The second kappa shape index (κ2) is 4.81. The molecule has 0 radical (unpaired) electrons. The molecule has 1 saturated carbocycles. The van der Waals surface area contributed by atoms with Crippen LogP contribution in [0.2, 0.25) is 0 Å². The highest BCUT2D eigenvalue weighted by molar-refractivity contribution is 4.94. The minimum absolute atomic E-state index is 0.372. The number of likely N-dealkylation sites (tertiary alicyclic amines) is 1. The first-order chi connectivity index (χ1) is 8.15. The summed E-state index contributed by atoms with van der Waals surface area (Å²) in [6.07, 6.45) is 5.88. The average molecular weight is 251 g/mol. The van der Waals surface area contributed by atoms with E-state index in [0.717, 1.165) is 17.8 Å². The molecule has 2 rings (SSSR count). The Labute approximate surface area is 114 Å². The predicted molar refractivity (Wildman–Crippen MR) is 79.7 cm³/mol. The summed E-state index contributed by atoms with van der Waals surface area (Å²) in [6.45, 7) is 17.0. The van der Waals surface area contributed by atoms with Gasteiger partial charge < -0.3 is 0 Å². The van der Waals surface area contributed by atoms with E-state index in [9.17, 15) is 0 Å². The lowest BCUT2D eigenvalue weighted by molar-refractivity contribution is 0.162. The lowest BCUT2D eigenvalue weighted by atomic mass is 9.71. The van der Waals surface area contributed by atoms with Crippen molar-refractivity contribution >= 4 is 0 Å². The van der Waals surface area contributed by atoms with Gasteiger partial charge in [0, 0.05) is 18.6 Å². The molecule has 2 aliphatic rings. The molecule has 0 aromatic heterocycles. The Balaban J connectivity index is 1.91. The van der Waals surface area contributed by atoms with Crippen LogP contribution in [0.3, 0.4) is 0 Å². The van der Waals surface area contributed by atoms with E-state index in [-0.39, 0.29) is 0 Å². The molecule has 1 nitrogen and oxygen atoms in total. The van der Waals surface area contributed by atoms with Gasteiger partial charge in [0.15, 0.2) is 0 Å². The summed E-state index contributed by atoms with van der Waals surface area (Å²) in [4.78, 5) is 2.72. The zero-order chi connectivity index (χ0) is 13.6. The normalized spacial score (nSPS) is 34.7. The molecule has 18 heavy (non-hydrogen) atoms. The van der Waals surface area contributed by atoms with Gasteiger partial charge in [-0.3, -0.25) is 4.90 Å². The third kappa shape index (κ3) is 3.50. The highest BCUT2D eigenvalue weighted by Gasteiger charge is 2.41. The van der Waals surface area contributed by atoms with E-state index in [1.165, 1.54) is 38.8 Å². The average Bonchev–Trinajstić information content (AvgIpc) is 2.57. The van der Waals surface area contributed by atoms with Gasteiger partial charge in [-0.15, -0.1) is 0 Å². The maximum absolute atomic E-state index is 2.72. The van der Waals surface area contributed by atoms with Gasteiger partial charge in [0.1, 0.15) is 0 Å². The monoisotopic (exact) mass is 251 g/mol. The zero-order valence-electron chi connectivity index (χ0n) is 13.4. The number of hydrogen-bond donors (Lipinski definition) is 0. The van der Waals surface area contributed by atoms with E-state index in [2.05, 4.69) is 46.4 Å².